The average Bonchev–Trinajstić information content (AvgIpc) is 2.89. The molecule has 0 aliphatic heterocycles. The first-order chi connectivity index (χ1) is 7.76. The second kappa shape index (κ2) is 4.53. The predicted octanol–water partition coefficient (Wildman–Crippen LogP) is 1.88. The van der Waals surface area contributed by atoms with E-state index in [2.05, 4.69) is 17.3 Å². The molecule has 0 aliphatic carbocycles. The van der Waals surface area contributed by atoms with E-state index < -0.39 is 0 Å². The molecule has 4 heteroatoms. The SMILES string of the molecule is CCc1nn(C)cc1C(NC)c1ccco1. The topological polar surface area (TPSA) is 43.0 Å². The largest absolute Gasteiger partial charge is 0.467 e. The van der Waals surface area contributed by atoms with Gasteiger partial charge >= 0.3 is 0 Å². The van der Waals surface area contributed by atoms with Crippen molar-refractivity contribution in [2.45, 2.75) is 19.4 Å². The van der Waals surface area contributed by atoms with Gasteiger partial charge in [0.15, 0.2) is 0 Å². The van der Waals surface area contributed by atoms with E-state index in [1.54, 1.807) is 6.26 Å². The van der Waals surface area contributed by atoms with E-state index >= 15 is 0 Å². The molecule has 0 spiro atoms. The van der Waals surface area contributed by atoms with Gasteiger partial charge in [0.2, 0.25) is 0 Å². The van der Waals surface area contributed by atoms with Crippen molar-refractivity contribution in [3.05, 3.63) is 41.6 Å². The average molecular weight is 219 g/mol. The maximum absolute atomic E-state index is 5.45. The fraction of sp³-hybridized carbons (Fsp3) is 0.417. The summed E-state index contributed by atoms with van der Waals surface area (Å²) in [6, 6.07) is 3.97. The Hall–Kier alpha value is -1.55. The third-order valence-electron chi connectivity index (χ3n) is 2.70. The van der Waals surface area contributed by atoms with Crippen molar-refractivity contribution >= 4 is 0 Å². The second-order valence-electron chi connectivity index (χ2n) is 3.80. The molecule has 0 aromatic carbocycles. The van der Waals surface area contributed by atoms with E-state index in [0.29, 0.717) is 0 Å². The molecule has 16 heavy (non-hydrogen) atoms. The third kappa shape index (κ3) is 1.88. The molecule has 1 atom stereocenters. The summed E-state index contributed by atoms with van der Waals surface area (Å²) in [4.78, 5) is 0. The van der Waals surface area contributed by atoms with Crippen LogP contribution in [-0.2, 0) is 13.5 Å². The molecular weight excluding hydrogens is 202 g/mol. The first kappa shape index (κ1) is 11.0. The molecule has 2 heterocycles. The highest BCUT2D eigenvalue weighted by atomic mass is 16.3. The zero-order valence-electron chi connectivity index (χ0n) is 9.90. The molecule has 86 valence electrons. The van der Waals surface area contributed by atoms with Gasteiger partial charge in [-0.05, 0) is 25.6 Å². The van der Waals surface area contributed by atoms with Crippen LogP contribution in [0.25, 0.3) is 0 Å². The molecule has 0 saturated carbocycles. The van der Waals surface area contributed by atoms with Crippen LogP contribution in [-0.4, -0.2) is 16.8 Å². The zero-order valence-corrected chi connectivity index (χ0v) is 9.90. The summed E-state index contributed by atoms with van der Waals surface area (Å²) in [7, 11) is 3.87. The molecule has 0 aliphatic rings. The van der Waals surface area contributed by atoms with E-state index in [1.807, 2.05) is 37.1 Å². The highest BCUT2D eigenvalue weighted by molar-refractivity contribution is 5.28. The van der Waals surface area contributed by atoms with Crippen molar-refractivity contribution in [3.63, 3.8) is 0 Å². The molecule has 0 bridgehead atoms. The first-order valence-corrected chi connectivity index (χ1v) is 5.49. The molecule has 1 N–H and O–H groups in total. The molecule has 0 fully saturated rings. The van der Waals surface area contributed by atoms with Gasteiger partial charge in [-0.2, -0.15) is 5.10 Å². The minimum atomic E-state index is 0.0821. The van der Waals surface area contributed by atoms with Crippen LogP contribution in [0.2, 0.25) is 0 Å². The van der Waals surface area contributed by atoms with Crippen LogP contribution in [0.5, 0.6) is 0 Å². The smallest absolute Gasteiger partial charge is 0.125 e. The fourth-order valence-corrected chi connectivity index (χ4v) is 1.98. The van der Waals surface area contributed by atoms with Gasteiger partial charge in [-0.15, -0.1) is 0 Å². The highest BCUT2D eigenvalue weighted by Gasteiger charge is 2.19. The lowest BCUT2D eigenvalue weighted by molar-refractivity contribution is 0.462. The van der Waals surface area contributed by atoms with Gasteiger partial charge in [0.05, 0.1) is 18.0 Å². The summed E-state index contributed by atoms with van der Waals surface area (Å²) in [6.45, 7) is 2.11. The van der Waals surface area contributed by atoms with Crippen molar-refractivity contribution in [1.29, 1.82) is 0 Å². The van der Waals surface area contributed by atoms with Gasteiger partial charge in [0, 0.05) is 18.8 Å². The van der Waals surface area contributed by atoms with Crippen LogP contribution in [0.3, 0.4) is 0 Å². The lowest BCUT2D eigenvalue weighted by Crippen LogP contribution is -2.17. The van der Waals surface area contributed by atoms with E-state index in [1.165, 1.54) is 5.56 Å². The number of rotatable bonds is 4. The number of nitrogens with zero attached hydrogens (tertiary/aromatic N) is 2. The van der Waals surface area contributed by atoms with Crippen molar-refractivity contribution < 1.29 is 4.42 Å². The van der Waals surface area contributed by atoms with E-state index in [9.17, 15) is 0 Å². The zero-order chi connectivity index (χ0) is 11.5. The van der Waals surface area contributed by atoms with Crippen molar-refractivity contribution in [3.8, 4) is 0 Å². The minimum absolute atomic E-state index is 0.0821. The number of aromatic nitrogens is 2. The van der Waals surface area contributed by atoms with Crippen LogP contribution < -0.4 is 5.32 Å². The number of hydrogen-bond donors (Lipinski definition) is 1. The monoisotopic (exact) mass is 219 g/mol. The Morgan fingerprint density at radius 1 is 1.56 bits per heavy atom. The van der Waals surface area contributed by atoms with Crippen LogP contribution >= 0.6 is 0 Å². The molecular formula is C12H17N3O. The molecule has 4 nitrogen and oxygen atoms in total. The number of nitrogens with one attached hydrogen (secondary N) is 1. The van der Waals surface area contributed by atoms with Crippen molar-refractivity contribution in [1.82, 2.24) is 15.1 Å². The highest BCUT2D eigenvalue weighted by Crippen LogP contribution is 2.24. The van der Waals surface area contributed by atoms with Gasteiger partial charge < -0.3 is 9.73 Å². The number of hydrogen-bond acceptors (Lipinski definition) is 3. The maximum Gasteiger partial charge on any atom is 0.125 e. The molecule has 1 unspecified atom stereocenters. The van der Waals surface area contributed by atoms with Crippen LogP contribution in [0.4, 0.5) is 0 Å². The Morgan fingerprint density at radius 3 is 2.94 bits per heavy atom. The Kier molecular flexibility index (Phi) is 3.10. The molecule has 0 amide bonds. The summed E-state index contributed by atoms with van der Waals surface area (Å²) in [5.41, 5.74) is 2.29. The van der Waals surface area contributed by atoms with Crippen LogP contribution in [0, 0.1) is 0 Å². The molecule has 2 aromatic heterocycles. The van der Waals surface area contributed by atoms with Gasteiger partial charge in [-0.25, -0.2) is 0 Å². The standard InChI is InChI=1S/C12H17N3O/c1-4-10-9(8-15(3)14-10)12(13-2)11-6-5-7-16-11/h5-8,12-13H,4H2,1-3H3. The minimum Gasteiger partial charge on any atom is -0.467 e. The quantitative estimate of drug-likeness (QED) is 0.853. The summed E-state index contributed by atoms with van der Waals surface area (Å²) in [6.07, 6.45) is 4.67. The molecule has 0 saturated heterocycles. The molecule has 2 aromatic rings. The van der Waals surface area contributed by atoms with Crippen molar-refractivity contribution in [2.75, 3.05) is 7.05 Å². The molecule has 0 radical (unpaired) electrons. The molecule has 2 rings (SSSR count). The van der Waals surface area contributed by atoms with Crippen molar-refractivity contribution in [2.24, 2.45) is 7.05 Å². The van der Waals surface area contributed by atoms with E-state index in [0.717, 1.165) is 17.9 Å². The summed E-state index contributed by atoms with van der Waals surface area (Å²) < 4.78 is 7.30. The Morgan fingerprint density at radius 2 is 2.38 bits per heavy atom. The maximum atomic E-state index is 5.45. The van der Waals surface area contributed by atoms with Gasteiger partial charge in [0.25, 0.3) is 0 Å². The van der Waals surface area contributed by atoms with Crippen LogP contribution in [0.15, 0.2) is 29.0 Å². The normalized spacial score (nSPS) is 12.9. The lowest BCUT2D eigenvalue weighted by Gasteiger charge is -2.12. The predicted molar refractivity (Wildman–Crippen MR) is 62.2 cm³/mol. The van der Waals surface area contributed by atoms with Gasteiger partial charge in [-0.1, -0.05) is 6.92 Å². The second-order valence-corrected chi connectivity index (χ2v) is 3.80. The Bertz CT molecular complexity index is 445. The van der Waals surface area contributed by atoms with Crippen LogP contribution in [0.1, 0.15) is 30.0 Å². The Labute approximate surface area is 95.3 Å². The fourth-order valence-electron chi connectivity index (χ4n) is 1.98. The van der Waals surface area contributed by atoms with Gasteiger partial charge in [-0.3, -0.25) is 4.68 Å². The number of furan rings is 1. The summed E-state index contributed by atoms with van der Waals surface area (Å²) >= 11 is 0. The summed E-state index contributed by atoms with van der Waals surface area (Å²) in [5, 5.41) is 7.70. The lowest BCUT2D eigenvalue weighted by atomic mass is 10.0. The summed E-state index contributed by atoms with van der Waals surface area (Å²) in [5.74, 6) is 0.921. The Balaban J connectivity index is 2.40. The third-order valence-corrected chi connectivity index (χ3v) is 2.70. The number of aryl methyl sites for hydroxylation is 2. The van der Waals surface area contributed by atoms with Gasteiger partial charge in [0.1, 0.15) is 5.76 Å². The van der Waals surface area contributed by atoms with E-state index in [-0.39, 0.29) is 6.04 Å². The first-order valence-electron chi connectivity index (χ1n) is 5.49. The van der Waals surface area contributed by atoms with E-state index in [4.69, 9.17) is 4.42 Å².